The molecule has 6 heteroatoms. The van der Waals surface area contributed by atoms with Crippen molar-refractivity contribution in [1.82, 2.24) is 10.0 Å². The van der Waals surface area contributed by atoms with Crippen molar-refractivity contribution in [2.75, 3.05) is 6.54 Å². The third kappa shape index (κ3) is 1.47. The smallest absolute Gasteiger partial charge is 0.430 e. The largest absolute Gasteiger partial charge is 0.464 e. The quantitative estimate of drug-likeness (QED) is 0.565. The zero-order valence-electron chi connectivity index (χ0n) is 6.17. The van der Waals surface area contributed by atoms with Crippen LogP contribution >= 0.6 is 0 Å². The van der Waals surface area contributed by atoms with E-state index >= 15 is 0 Å². The Morgan fingerprint density at radius 3 is 2.33 bits per heavy atom. The zero-order valence-corrected chi connectivity index (χ0v) is 6.17. The van der Waals surface area contributed by atoms with E-state index in [0.29, 0.717) is 11.4 Å². The van der Waals surface area contributed by atoms with Gasteiger partial charge in [0, 0.05) is 6.20 Å². The fourth-order valence-corrected chi connectivity index (χ4v) is 0.914. The number of hydrogen-bond acceptors (Lipinski definition) is 2. The molecule has 0 bridgehead atoms. The minimum atomic E-state index is -1.30. The fraction of sp³-hybridized carbons (Fsp3) is 0.333. The third-order valence-corrected chi connectivity index (χ3v) is 1.43. The lowest BCUT2D eigenvalue weighted by Gasteiger charge is -2.29. The lowest BCUT2D eigenvalue weighted by molar-refractivity contribution is 0.0274. The molecule has 0 unspecified atom stereocenters. The molecule has 0 spiro atoms. The fourth-order valence-electron chi connectivity index (χ4n) is 0.914. The van der Waals surface area contributed by atoms with Gasteiger partial charge in [-0.15, -0.1) is 0 Å². The van der Waals surface area contributed by atoms with E-state index < -0.39 is 12.2 Å². The minimum absolute atomic E-state index is 0.179. The molecule has 6 nitrogen and oxygen atoms in total. The van der Waals surface area contributed by atoms with E-state index in [1.54, 1.807) is 6.08 Å². The Bertz CT molecular complexity index is 238. The summed E-state index contributed by atoms with van der Waals surface area (Å²) in [5, 5.41) is 18.5. The SMILES string of the molecule is O=C(O)N1C=CCCN1C(=O)O. The van der Waals surface area contributed by atoms with Gasteiger partial charge in [0.1, 0.15) is 0 Å². The number of rotatable bonds is 0. The van der Waals surface area contributed by atoms with Crippen LogP contribution in [0.5, 0.6) is 0 Å². The normalized spacial score (nSPS) is 16.3. The van der Waals surface area contributed by atoms with Crippen molar-refractivity contribution in [3.8, 4) is 0 Å². The Morgan fingerprint density at radius 2 is 1.92 bits per heavy atom. The molecule has 1 rings (SSSR count). The summed E-state index contributed by atoms with van der Waals surface area (Å²) in [6.07, 6.45) is 0.805. The van der Waals surface area contributed by atoms with Gasteiger partial charge in [-0.25, -0.2) is 14.6 Å². The number of hydrazine groups is 1. The monoisotopic (exact) mass is 172 g/mol. The van der Waals surface area contributed by atoms with Crippen LogP contribution in [0.4, 0.5) is 9.59 Å². The maximum absolute atomic E-state index is 10.5. The maximum Gasteiger partial charge on any atom is 0.430 e. The van der Waals surface area contributed by atoms with Crippen molar-refractivity contribution in [2.24, 2.45) is 0 Å². The first kappa shape index (κ1) is 8.38. The number of nitrogens with zero attached hydrogens (tertiary/aromatic N) is 2. The van der Waals surface area contributed by atoms with Gasteiger partial charge in [0.25, 0.3) is 0 Å². The van der Waals surface area contributed by atoms with Gasteiger partial charge in [0.05, 0.1) is 6.54 Å². The van der Waals surface area contributed by atoms with Gasteiger partial charge in [-0.05, 0) is 6.42 Å². The average molecular weight is 172 g/mol. The molecule has 1 aliphatic heterocycles. The zero-order chi connectivity index (χ0) is 9.14. The molecule has 0 aromatic rings. The van der Waals surface area contributed by atoms with Crippen molar-refractivity contribution in [3.63, 3.8) is 0 Å². The highest BCUT2D eigenvalue weighted by Crippen LogP contribution is 2.08. The van der Waals surface area contributed by atoms with Gasteiger partial charge < -0.3 is 10.2 Å². The molecule has 0 radical (unpaired) electrons. The molecule has 0 aromatic carbocycles. The summed E-state index contributed by atoms with van der Waals surface area (Å²) in [7, 11) is 0. The molecule has 0 saturated heterocycles. The van der Waals surface area contributed by atoms with Crippen molar-refractivity contribution in [1.29, 1.82) is 0 Å². The van der Waals surface area contributed by atoms with Gasteiger partial charge in [-0.3, -0.25) is 0 Å². The highest BCUT2D eigenvalue weighted by molar-refractivity contribution is 5.72. The van der Waals surface area contributed by atoms with Crippen LogP contribution in [0.1, 0.15) is 6.42 Å². The summed E-state index contributed by atoms with van der Waals surface area (Å²) in [6.45, 7) is 0.179. The maximum atomic E-state index is 10.5. The molecule has 1 aliphatic rings. The van der Waals surface area contributed by atoms with E-state index in [9.17, 15) is 9.59 Å². The Balaban J connectivity index is 2.79. The topological polar surface area (TPSA) is 81.1 Å². The van der Waals surface area contributed by atoms with Crippen LogP contribution in [-0.2, 0) is 0 Å². The number of hydrogen-bond donors (Lipinski definition) is 2. The third-order valence-electron chi connectivity index (χ3n) is 1.43. The van der Waals surface area contributed by atoms with Gasteiger partial charge in [0.15, 0.2) is 0 Å². The molecule has 2 N–H and O–H groups in total. The second-order valence-corrected chi connectivity index (χ2v) is 2.21. The lowest BCUT2D eigenvalue weighted by atomic mass is 10.3. The van der Waals surface area contributed by atoms with Gasteiger partial charge >= 0.3 is 12.2 Å². The van der Waals surface area contributed by atoms with Gasteiger partial charge in [-0.2, -0.15) is 5.01 Å². The molecule has 0 aromatic heterocycles. The molecular weight excluding hydrogens is 164 g/mol. The standard InChI is InChI=1S/C6H8N2O4/c9-5(10)7-3-1-2-4-8(7)6(11)12/h1,3H,2,4H2,(H,9,10)(H,11,12). The highest BCUT2D eigenvalue weighted by atomic mass is 16.4. The van der Waals surface area contributed by atoms with Crippen molar-refractivity contribution < 1.29 is 19.8 Å². The molecule has 1 heterocycles. The van der Waals surface area contributed by atoms with Crippen LogP contribution in [0.25, 0.3) is 0 Å². The highest BCUT2D eigenvalue weighted by Gasteiger charge is 2.24. The molecule has 0 atom stereocenters. The van der Waals surface area contributed by atoms with E-state index in [1.165, 1.54) is 6.20 Å². The molecule has 0 saturated carbocycles. The van der Waals surface area contributed by atoms with Crippen LogP contribution in [0.2, 0.25) is 0 Å². The predicted octanol–water partition coefficient (Wildman–Crippen LogP) is 0.779. The van der Waals surface area contributed by atoms with Crippen molar-refractivity contribution >= 4 is 12.2 Å². The van der Waals surface area contributed by atoms with Crippen LogP contribution in [0.3, 0.4) is 0 Å². The summed E-state index contributed by atoms with van der Waals surface area (Å²) >= 11 is 0. The lowest BCUT2D eigenvalue weighted by Crippen LogP contribution is -2.47. The molecule has 0 fully saturated rings. The summed E-state index contributed by atoms with van der Waals surface area (Å²) < 4.78 is 0. The summed E-state index contributed by atoms with van der Waals surface area (Å²) in [6, 6.07) is 0. The Hall–Kier alpha value is -1.72. The first-order chi connectivity index (χ1) is 5.63. The second kappa shape index (κ2) is 3.12. The second-order valence-electron chi connectivity index (χ2n) is 2.21. The van der Waals surface area contributed by atoms with Crippen molar-refractivity contribution in [3.05, 3.63) is 12.3 Å². The molecule has 12 heavy (non-hydrogen) atoms. The summed E-state index contributed by atoms with van der Waals surface area (Å²) in [4.78, 5) is 20.9. The number of carbonyl (C=O) groups is 2. The Labute approximate surface area is 68.3 Å². The molecular formula is C6H8N2O4. The van der Waals surface area contributed by atoms with E-state index in [-0.39, 0.29) is 6.54 Å². The Kier molecular flexibility index (Phi) is 2.18. The van der Waals surface area contributed by atoms with Crippen molar-refractivity contribution in [2.45, 2.75) is 6.42 Å². The molecule has 2 amide bonds. The Morgan fingerprint density at radius 1 is 1.25 bits per heavy atom. The van der Waals surface area contributed by atoms with Gasteiger partial charge in [-0.1, -0.05) is 6.08 Å². The molecule has 0 aliphatic carbocycles. The van der Waals surface area contributed by atoms with Gasteiger partial charge in [0.2, 0.25) is 0 Å². The number of amides is 2. The van der Waals surface area contributed by atoms with E-state index in [1.807, 2.05) is 0 Å². The number of carboxylic acid groups (broad SMARTS) is 2. The van der Waals surface area contributed by atoms with E-state index in [0.717, 1.165) is 5.01 Å². The van der Waals surface area contributed by atoms with Crippen LogP contribution in [-0.4, -0.2) is 39.0 Å². The predicted molar refractivity (Wildman–Crippen MR) is 38.4 cm³/mol. The summed E-state index contributed by atoms with van der Waals surface area (Å²) in [5.41, 5.74) is 0. The van der Waals surface area contributed by atoms with Crippen LogP contribution in [0.15, 0.2) is 12.3 Å². The minimum Gasteiger partial charge on any atom is -0.464 e. The molecule has 66 valence electrons. The van der Waals surface area contributed by atoms with E-state index in [2.05, 4.69) is 0 Å². The van der Waals surface area contributed by atoms with E-state index in [4.69, 9.17) is 10.2 Å². The average Bonchev–Trinajstić information content (AvgIpc) is 2.04. The first-order valence-electron chi connectivity index (χ1n) is 3.32. The van der Waals surface area contributed by atoms with Crippen LogP contribution in [0, 0.1) is 0 Å². The summed E-state index contributed by atoms with van der Waals surface area (Å²) in [5.74, 6) is 0. The van der Waals surface area contributed by atoms with Crippen LogP contribution < -0.4 is 0 Å². The first-order valence-corrected chi connectivity index (χ1v) is 3.32.